The SMILES string of the molecule is [O]S(=O)(=O)c1csnn1. The summed E-state index contributed by atoms with van der Waals surface area (Å²) in [7, 11) is -4.37. The smallest absolute Gasteiger partial charge is 0.190 e. The summed E-state index contributed by atoms with van der Waals surface area (Å²) in [6.45, 7) is 0. The lowest BCUT2D eigenvalue weighted by Crippen LogP contribution is -1.95. The molecule has 0 aliphatic carbocycles. The predicted molar refractivity (Wildman–Crippen MR) is 27.8 cm³/mol. The maximum atomic E-state index is 10.0. The van der Waals surface area contributed by atoms with Gasteiger partial charge in [0.05, 0.1) is 5.38 Å². The zero-order valence-electron chi connectivity index (χ0n) is 4.01. The van der Waals surface area contributed by atoms with Crippen LogP contribution in [0.3, 0.4) is 0 Å². The molecule has 49 valence electrons. The molecule has 0 aliphatic rings. The van der Waals surface area contributed by atoms with Crippen LogP contribution in [-0.2, 0) is 14.7 Å². The molecule has 5 nitrogen and oxygen atoms in total. The quantitative estimate of drug-likeness (QED) is 0.570. The second kappa shape index (κ2) is 2.01. The summed E-state index contributed by atoms with van der Waals surface area (Å²) >= 11 is 0.826. The van der Waals surface area contributed by atoms with Crippen LogP contribution in [0.15, 0.2) is 10.4 Å². The molecule has 1 radical (unpaired) electrons. The van der Waals surface area contributed by atoms with E-state index in [-0.39, 0.29) is 0 Å². The van der Waals surface area contributed by atoms with E-state index in [0.717, 1.165) is 16.9 Å². The van der Waals surface area contributed by atoms with Gasteiger partial charge in [-0.2, -0.15) is 8.42 Å². The van der Waals surface area contributed by atoms with Crippen LogP contribution in [0.5, 0.6) is 0 Å². The third-order valence-electron chi connectivity index (χ3n) is 0.596. The number of hydrogen-bond donors (Lipinski definition) is 0. The maximum absolute atomic E-state index is 10.0. The summed E-state index contributed by atoms with van der Waals surface area (Å²) in [4.78, 5) is 0. The van der Waals surface area contributed by atoms with E-state index in [1.165, 1.54) is 0 Å². The first-order chi connectivity index (χ1) is 4.11. The third-order valence-corrected chi connectivity index (χ3v) is 1.96. The van der Waals surface area contributed by atoms with Crippen molar-refractivity contribution in [1.82, 2.24) is 9.59 Å². The lowest BCUT2D eigenvalue weighted by Gasteiger charge is -1.78. The number of hydrogen-bond acceptors (Lipinski definition) is 5. The molecule has 1 rings (SSSR count). The second-order valence-corrected chi connectivity index (χ2v) is 3.13. The average molecular weight is 165 g/mol. The minimum absolute atomic E-state index is 0.507. The van der Waals surface area contributed by atoms with Gasteiger partial charge >= 0.3 is 10.1 Å². The Labute approximate surface area is 55.2 Å². The van der Waals surface area contributed by atoms with Crippen LogP contribution in [-0.4, -0.2) is 18.0 Å². The van der Waals surface area contributed by atoms with Crippen molar-refractivity contribution in [2.24, 2.45) is 0 Å². The van der Waals surface area contributed by atoms with E-state index in [1.54, 1.807) is 0 Å². The van der Waals surface area contributed by atoms with Crippen LogP contribution in [0.2, 0.25) is 0 Å². The summed E-state index contributed by atoms with van der Waals surface area (Å²) in [5.74, 6) is 0. The minimum atomic E-state index is -4.37. The van der Waals surface area contributed by atoms with Crippen molar-refractivity contribution in [3.05, 3.63) is 5.38 Å². The van der Waals surface area contributed by atoms with Crippen LogP contribution in [0.25, 0.3) is 0 Å². The van der Waals surface area contributed by atoms with Gasteiger partial charge in [0, 0.05) is 0 Å². The first-order valence-corrected chi connectivity index (χ1v) is 4.08. The molecule has 0 unspecified atom stereocenters. The molecule has 0 aromatic carbocycles. The van der Waals surface area contributed by atoms with Gasteiger partial charge in [0.15, 0.2) is 0 Å². The number of aromatic nitrogens is 2. The number of nitrogens with zero attached hydrogens (tertiary/aromatic N) is 2. The fourth-order valence-corrected chi connectivity index (χ4v) is 1.38. The van der Waals surface area contributed by atoms with E-state index in [1.807, 2.05) is 0 Å². The fourth-order valence-electron chi connectivity index (χ4n) is 0.265. The van der Waals surface area contributed by atoms with Gasteiger partial charge in [0.25, 0.3) is 0 Å². The van der Waals surface area contributed by atoms with Gasteiger partial charge in [-0.25, -0.2) is 0 Å². The summed E-state index contributed by atoms with van der Waals surface area (Å²) in [6.07, 6.45) is 0. The molecule has 0 saturated carbocycles. The fraction of sp³-hybridized carbons (Fsp3) is 0. The third kappa shape index (κ3) is 1.44. The van der Waals surface area contributed by atoms with Gasteiger partial charge in [-0.1, -0.05) is 9.04 Å². The lowest BCUT2D eigenvalue weighted by atomic mass is 11.0. The maximum Gasteiger partial charge on any atom is 0.344 e. The Balaban J connectivity index is 3.20. The van der Waals surface area contributed by atoms with Gasteiger partial charge in [-0.15, -0.1) is 5.10 Å². The highest BCUT2D eigenvalue weighted by Gasteiger charge is 2.13. The Morgan fingerprint density at radius 3 is 2.44 bits per heavy atom. The Hall–Kier alpha value is -0.530. The molecule has 0 fully saturated rings. The average Bonchev–Trinajstić information content (AvgIpc) is 2.08. The Morgan fingerprint density at radius 1 is 1.56 bits per heavy atom. The highest BCUT2D eigenvalue weighted by atomic mass is 32.2. The molecule has 0 atom stereocenters. The second-order valence-electron chi connectivity index (χ2n) is 1.20. The van der Waals surface area contributed by atoms with Crippen molar-refractivity contribution in [2.45, 2.75) is 5.03 Å². The summed E-state index contributed by atoms with van der Waals surface area (Å²) in [5, 5.41) is 3.63. The first kappa shape index (κ1) is 6.59. The minimum Gasteiger partial charge on any atom is -0.190 e. The van der Waals surface area contributed by atoms with Crippen LogP contribution in [0.4, 0.5) is 0 Å². The number of rotatable bonds is 1. The molecule has 0 N–H and O–H groups in total. The Morgan fingerprint density at radius 2 is 2.22 bits per heavy atom. The monoisotopic (exact) mass is 165 g/mol. The van der Waals surface area contributed by atoms with Gasteiger partial charge < -0.3 is 0 Å². The van der Waals surface area contributed by atoms with Gasteiger partial charge in [-0.3, -0.25) is 0 Å². The molecule has 0 spiro atoms. The summed E-state index contributed by atoms with van der Waals surface area (Å²) in [6, 6.07) is 0. The van der Waals surface area contributed by atoms with Crippen LogP contribution in [0.1, 0.15) is 0 Å². The van der Waals surface area contributed by atoms with E-state index in [9.17, 15) is 13.0 Å². The van der Waals surface area contributed by atoms with Gasteiger partial charge in [-0.05, 0) is 11.5 Å². The van der Waals surface area contributed by atoms with Crippen molar-refractivity contribution in [3.8, 4) is 0 Å². The molecule has 0 aliphatic heterocycles. The van der Waals surface area contributed by atoms with Gasteiger partial charge in [0.1, 0.15) is 0 Å². The van der Waals surface area contributed by atoms with Crippen molar-refractivity contribution < 1.29 is 13.0 Å². The Bertz CT molecular complexity index is 275. The molecule has 0 saturated heterocycles. The molecule has 1 aromatic heterocycles. The molecule has 1 heterocycles. The molecular weight excluding hydrogens is 164 g/mol. The van der Waals surface area contributed by atoms with Crippen molar-refractivity contribution >= 4 is 21.7 Å². The summed E-state index contributed by atoms with van der Waals surface area (Å²) < 4.78 is 33.3. The van der Waals surface area contributed by atoms with Crippen LogP contribution >= 0.6 is 11.5 Å². The Kier molecular flexibility index (Phi) is 1.47. The first-order valence-electron chi connectivity index (χ1n) is 1.83. The van der Waals surface area contributed by atoms with E-state index in [4.69, 9.17) is 0 Å². The molecule has 0 bridgehead atoms. The summed E-state index contributed by atoms with van der Waals surface area (Å²) in [5.41, 5.74) is 0. The largest absolute Gasteiger partial charge is 0.344 e. The molecule has 0 amide bonds. The van der Waals surface area contributed by atoms with E-state index < -0.39 is 15.1 Å². The van der Waals surface area contributed by atoms with E-state index in [2.05, 4.69) is 9.59 Å². The zero-order valence-corrected chi connectivity index (χ0v) is 5.65. The predicted octanol–water partition coefficient (Wildman–Crippen LogP) is -0.343. The topological polar surface area (TPSA) is 79.8 Å². The van der Waals surface area contributed by atoms with E-state index in [0.29, 0.717) is 0 Å². The van der Waals surface area contributed by atoms with Gasteiger partial charge in [0.2, 0.25) is 5.03 Å². The standard InChI is InChI=1S/C2HN2O3S2/c5-9(6,7)2-1-8-4-3-2/h1H. The van der Waals surface area contributed by atoms with Crippen molar-refractivity contribution in [3.63, 3.8) is 0 Å². The lowest BCUT2D eigenvalue weighted by molar-refractivity contribution is 0.411. The zero-order chi connectivity index (χ0) is 6.91. The molecule has 7 heteroatoms. The van der Waals surface area contributed by atoms with Crippen molar-refractivity contribution in [2.75, 3.05) is 0 Å². The van der Waals surface area contributed by atoms with Crippen molar-refractivity contribution in [1.29, 1.82) is 0 Å². The molecule has 9 heavy (non-hydrogen) atoms. The normalized spacial score (nSPS) is 11.7. The molecule has 1 aromatic rings. The van der Waals surface area contributed by atoms with E-state index >= 15 is 0 Å². The highest BCUT2D eigenvalue weighted by Crippen LogP contribution is 2.04. The van der Waals surface area contributed by atoms with Crippen LogP contribution < -0.4 is 0 Å². The van der Waals surface area contributed by atoms with Crippen LogP contribution in [0, 0.1) is 0 Å². The molecular formula is C2HN2O3S2. The highest BCUT2D eigenvalue weighted by molar-refractivity contribution is 7.85.